The molecule has 7 aromatic carbocycles. The van der Waals surface area contributed by atoms with Crippen LogP contribution in [0.25, 0.3) is 22.3 Å². The van der Waals surface area contributed by atoms with Crippen LogP contribution in [0.4, 0.5) is 0 Å². The van der Waals surface area contributed by atoms with Gasteiger partial charge >= 0.3 is 11.9 Å². The Morgan fingerprint density at radius 3 is 1.18 bits per heavy atom. The Morgan fingerprint density at radius 1 is 0.472 bits per heavy atom. The standard InChI is InChI=1S/C39H35N3O6.C30H39N3O8/c43-36(26-48-42-39(27-14-4-1-5-15-27,28-16-6-2-7-17-28)29-18-8-3-9-19-29)40-24-35(37(44)45)41-38(46)47-25-34-32-22-12-10-20-30(32)31-21-11-13-23-33(31)34;1-29(2,3)40-17-24(33-28(38)41-30(4,5)6)25(34)31-15-23(26(35)36)32-27(37)39-16-22-20-13-9-7-11-18(20)19-12-8-10-14-21(19)22/h1-23,34-35,42H,24-26H2,(H,40,43)(H,41,46)(H,44,45);7-14,22-24H,15-17H2,1-6H3,(H,31,34)(H,32,37)(H,33,38)(H,35,36)/p-3/t35-;23-,24+/m11/s1. The molecule has 0 spiro atoms. The Kier molecular flexibility index (Phi) is 21.7. The topological polar surface area (TPSA) is 297 Å². The molecular formula is C69H71N6O14-3. The van der Waals surface area contributed by atoms with Gasteiger partial charge in [0.25, 0.3) is 0 Å². The lowest BCUT2D eigenvalue weighted by atomic mass is 9.78. The van der Waals surface area contributed by atoms with Crippen molar-refractivity contribution in [2.45, 2.75) is 88.2 Å². The summed E-state index contributed by atoms with van der Waals surface area (Å²) in [5, 5.41) is 61.7. The highest BCUT2D eigenvalue weighted by molar-refractivity contribution is 5.86. The molecule has 0 radical (unpaired) electrons. The van der Waals surface area contributed by atoms with Crippen LogP contribution in [0, 0.1) is 0 Å². The lowest BCUT2D eigenvalue weighted by molar-refractivity contribution is -0.261. The van der Waals surface area contributed by atoms with Crippen LogP contribution in [0.3, 0.4) is 0 Å². The fourth-order valence-corrected chi connectivity index (χ4v) is 10.3. The minimum atomic E-state index is -1.62. The highest BCUT2D eigenvalue weighted by atomic mass is 16.7. The van der Waals surface area contributed by atoms with Crippen LogP contribution in [0.15, 0.2) is 203 Å². The fraction of sp³-hybridized carbons (Fsp3) is 0.290. The molecule has 2 amide bonds. The van der Waals surface area contributed by atoms with Crippen molar-refractivity contribution in [3.05, 3.63) is 227 Å². The predicted molar refractivity (Wildman–Crippen MR) is 329 cm³/mol. The van der Waals surface area contributed by atoms with Gasteiger partial charge in [0, 0.05) is 30.7 Å². The Morgan fingerprint density at radius 2 is 0.820 bits per heavy atom. The van der Waals surface area contributed by atoms with Crippen molar-refractivity contribution in [1.82, 2.24) is 16.1 Å². The van der Waals surface area contributed by atoms with Crippen molar-refractivity contribution in [3.63, 3.8) is 0 Å². The second kappa shape index (κ2) is 29.7. The van der Waals surface area contributed by atoms with E-state index < -0.39 is 96.6 Å². The van der Waals surface area contributed by atoms with Crippen LogP contribution in [0.5, 0.6) is 0 Å². The SMILES string of the molecule is CC(C)(C)OC[C@H](N=C([O-])OC(C)(C)C)C(=O)NC[C@@H](N=C([O-])OCC1c2ccccc2-c2ccccc21)C(=O)O.O=C(CONC(c1ccccc1)(c1ccccc1)c1ccccc1)NC[C@@H](N=C([O-])OCC1c2ccccc2-c2ccccc21)C(=O)O. The van der Waals surface area contributed by atoms with Gasteiger partial charge in [-0.1, -0.05) is 209 Å². The van der Waals surface area contributed by atoms with E-state index >= 15 is 0 Å². The van der Waals surface area contributed by atoms with E-state index in [1.54, 1.807) is 41.5 Å². The Balaban J connectivity index is 0.000000233. The molecule has 89 heavy (non-hydrogen) atoms. The monoisotopic (exact) mass is 1210 g/mol. The number of carbonyl (C=O) groups is 4. The second-order valence-corrected chi connectivity index (χ2v) is 22.9. The fourth-order valence-electron chi connectivity index (χ4n) is 10.3. The Hall–Kier alpha value is -9.89. The number of aliphatic carboxylic acids is 2. The average molecular weight is 1210 g/mol. The molecule has 5 N–H and O–H groups in total. The molecule has 0 saturated heterocycles. The van der Waals surface area contributed by atoms with Crippen LogP contribution >= 0.6 is 0 Å². The zero-order chi connectivity index (χ0) is 63.7. The van der Waals surface area contributed by atoms with Crippen LogP contribution in [-0.2, 0) is 48.5 Å². The summed E-state index contributed by atoms with van der Waals surface area (Å²) in [7, 11) is 0. The first-order chi connectivity index (χ1) is 42.6. The molecule has 0 fully saturated rings. The predicted octanol–water partition coefficient (Wildman–Crippen LogP) is 6.43. The molecule has 9 rings (SSSR count). The number of amides is 2. The molecular weight excluding hydrogens is 1140 g/mol. The van der Waals surface area contributed by atoms with Gasteiger partial charge in [0.2, 0.25) is 11.8 Å². The zero-order valence-electron chi connectivity index (χ0n) is 50.2. The van der Waals surface area contributed by atoms with E-state index in [-0.39, 0.29) is 31.7 Å². The number of hydrogen-bond donors (Lipinski definition) is 5. The minimum absolute atomic E-state index is 0.000556. The Bertz CT molecular complexity index is 3460. The largest absolute Gasteiger partial charge is 0.599 e. The molecule has 2 aliphatic carbocycles. The maximum Gasteiger partial charge on any atom is 0.330 e. The van der Waals surface area contributed by atoms with Crippen molar-refractivity contribution in [2.24, 2.45) is 15.0 Å². The highest BCUT2D eigenvalue weighted by Crippen LogP contribution is 2.46. The minimum Gasteiger partial charge on any atom is -0.599 e. The summed E-state index contributed by atoms with van der Waals surface area (Å²) in [6.45, 7) is 8.58. The molecule has 0 saturated carbocycles. The smallest absolute Gasteiger partial charge is 0.330 e. The summed E-state index contributed by atoms with van der Waals surface area (Å²) in [6.07, 6.45) is -3.05. The van der Waals surface area contributed by atoms with Crippen LogP contribution < -0.4 is 31.4 Å². The first-order valence-electron chi connectivity index (χ1n) is 28.9. The zero-order valence-corrected chi connectivity index (χ0v) is 50.2. The number of hydroxylamine groups is 1. The number of carbonyl (C=O) groups excluding carboxylic acids is 2. The van der Waals surface area contributed by atoms with Gasteiger partial charge in [0.05, 0.1) is 25.3 Å². The molecule has 2 aliphatic rings. The number of ether oxygens (including phenoxy) is 4. The molecule has 0 unspecified atom stereocenters. The van der Waals surface area contributed by atoms with E-state index in [1.165, 1.54) is 0 Å². The van der Waals surface area contributed by atoms with E-state index in [4.69, 9.17) is 23.8 Å². The maximum absolute atomic E-state index is 12.9. The van der Waals surface area contributed by atoms with Gasteiger partial charge in [-0.3, -0.25) is 29.4 Å². The first-order valence-corrected chi connectivity index (χ1v) is 28.9. The number of carboxylic acid groups (broad SMARTS) is 2. The summed E-state index contributed by atoms with van der Waals surface area (Å²) >= 11 is 0. The van der Waals surface area contributed by atoms with Gasteiger partial charge in [-0.05, 0) is 82.0 Å². The maximum atomic E-state index is 12.9. The molecule has 7 aromatic rings. The number of hydrogen-bond acceptors (Lipinski definition) is 16. The van der Waals surface area contributed by atoms with Gasteiger partial charge in [-0.15, -0.1) is 0 Å². The quantitative estimate of drug-likeness (QED) is 0.0200. The molecule has 0 aromatic heterocycles. The van der Waals surface area contributed by atoms with Crippen molar-refractivity contribution in [1.29, 1.82) is 0 Å². The number of rotatable bonds is 23. The lowest BCUT2D eigenvalue weighted by Crippen LogP contribution is -2.46. The van der Waals surface area contributed by atoms with Crippen molar-refractivity contribution in [2.75, 3.05) is 39.5 Å². The lowest BCUT2D eigenvalue weighted by Gasteiger charge is -2.36. The van der Waals surface area contributed by atoms with Gasteiger partial charge in [0.15, 0.2) is 18.1 Å². The summed E-state index contributed by atoms with van der Waals surface area (Å²) in [5.74, 6) is -4.61. The third kappa shape index (κ3) is 17.2. The van der Waals surface area contributed by atoms with E-state index in [1.807, 2.05) is 188 Å². The van der Waals surface area contributed by atoms with Crippen LogP contribution in [-0.4, -0.2) is 121 Å². The third-order valence-corrected chi connectivity index (χ3v) is 14.4. The van der Waals surface area contributed by atoms with E-state index in [9.17, 15) is 44.7 Å². The van der Waals surface area contributed by atoms with Gasteiger partial charge in [-0.25, -0.2) is 9.59 Å². The van der Waals surface area contributed by atoms with Gasteiger partial charge in [-0.2, -0.15) is 5.48 Å². The molecule has 20 nitrogen and oxygen atoms in total. The highest BCUT2D eigenvalue weighted by Gasteiger charge is 2.37. The molecule has 464 valence electrons. The van der Waals surface area contributed by atoms with E-state index in [0.29, 0.717) is 0 Å². The second-order valence-electron chi connectivity index (χ2n) is 22.9. The number of nitrogens with one attached hydrogen (secondary N) is 3. The number of carboxylic acids is 2. The molecule has 0 aliphatic heterocycles. The van der Waals surface area contributed by atoms with E-state index in [0.717, 1.165) is 61.2 Å². The summed E-state index contributed by atoms with van der Waals surface area (Å²) < 4.78 is 21.6. The normalized spacial score (nSPS) is 14.3. The Labute approximate surface area is 516 Å². The van der Waals surface area contributed by atoms with Gasteiger partial charge < -0.3 is 55.1 Å². The molecule has 0 bridgehead atoms. The molecule has 20 heteroatoms. The number of nitrogens with zero attached hydrogens (tertiary/aromatic N) is 3. The van der Waals surface area contributed by atoms with Crippen LogP contribution in [0.2, 0.25) is 0 Å². The average Bonchev–Trinajstić information content (AvgIpc) is 1.82. The van der Waals surface area contributed by atoms with Crippen LogP contribution in [0.1, 0.15) is 92.3 Å². The molecule has 3 atom stereocenters. The molecule has 0 heterocycles. The van der Waals surface area contributed by atoms with Gasteiger partial charge in [0.1, 0.15) is 30.4 Å². The van der Waals surface area contributed by atoms with E-state index in [2.05, 4.69) is 31.1 Å². The number of fused-ring (bicyclic) bond motifs is 6. The number of aliphatic imine (C=N–C) groups is 3. The summed E-state index contributed by atoms with van der Waals surface area (Å²) in [4.78, 5) is 66.5. The van der Waals surface area contributed by atoms with Crippen molar-refractivity contribution >= 4 is 42.0 Å². The summed E-state index contributed by atoms with van der Waals surface area (Å²) in [5.41, 5.74) is 11.7. The number of benzene rings is 7. The first kappa shape index (κ1) is 65.1. The van der Waals surface area contributed by atoms with Crippen molar-refractivity contribution in [3.8, 4) is 22.3 Å². The third-order valence-electron chi connectivity index (χ3n) is 14.4. The summed E-state index contributed by atoms with van der Waals surface area (Å²) in [6, 6.07) is 56.1. The van der Waals surface area contributed by atoms with Crippen molar-refractivity contribution < 1.29 is 68.5 Å².